The number of aryl methyl sites for hydroxylation is 1. The maximum absolute atomic E-state index is 5.32. The molecule has 6 nitrogen and oxygen atoms in total. The molecule has 7 heteroatoms. The quantitative estimate of drug-likeness (QED) is 0.206. The van der Waals surface area contributed by atoms with E-state index in [1.54, 1.807) is 0 Å². The van der Waals surface area contributed by atoms with Crippen LogP contribution in [0.3, 0.4) is 0 Å². The van der Waals surface area contributed by atoms with Gasteiger partial charge in [-0.2, -0.15) is 15.0 Å². The van der Waals surface area contributed by atoms with Gasteiger partial charge in [0.2, 0.25) is 11.9 Å². The third kappa shape index (κ3) is 3.71. The van der Waals surface area contributed by atoms with E-state index in [-0.39, 0.29) is 0 Å². The Morgan fingerprint density at radius 3 is 2.56 bits per heavy atom. The first-order valence-electron chi connectivity index (χ1n) is 15.7. The number of nitrogens with zero attached hydrogens (tertiary/aromatic N) is 6. The predicted molar refractivity (Wildman–Crippen MR) is 183 cm³/mol. The number of aliphatic imine (C=N–C) groups is 1. The summed E-state index contributed by atoms with van der Waals surface area (Å²) in [5, 5.41) is 2.95. The SMILES string of the molecule is C1=CC2Sc3c(ccc4c3c3c(n4-c4nc(-c5ccccc5)nc(-n5c6c(c7ccccc75)CCC=C6)n4)CCN=C3)C2C=C1. The molecule has 5 heterocycles. The lowest BCUT2D eigenvalue weighted by Crippen LogP contribution is -2.14. The van der Waals surface area contributed by atoms with Crippen molar-refractivity contribution in [3.05, 3.63) is 125 Å². The molecule has 4 aliphatic rings. The molecule has 0 bridgehead atoms. The van der Waals surface area contributed by atoms with Gasteiger partial charge in [-0.25, -0.2) is 0 Å². The van der Waals surface area contributed by atoms with E-state index in [1.807, 2.05) is 30.0 Å². The number of para-hydroxylation sites is 1. The molecule has 45 heavy (non-hydrogen) atoms. The van der Waals surface area contributed by atoms with Crippen LogP contribution in [0.1, 0.15) is 40.4 Å². The van der Waals surface area contributed by atoms with Gasteiger partial charge < -0.3 is 0 Å². The van der Waals surface area contributed by atoms with E-state index < -0.39 is 0 Å². The summed E-state index contributed by atoms with van der Waals surface area (Å²) in [6, 6.07) is 23.5. The number of rotatable bonds is 3. The van der Waals surface area contributed by atoms with E-state index in [0.29, 0.717) is 28.9 Å². The summed E-state index contributed by atoms with van der Waals surface area (Å²) in [5.74, 6) is 2.35. The van der Waals surface area contributed by atoms with Crippen molar-refractivity contribution >= 4 is 45.9 Å². The summed E-state index contributed by atoms with van der Waals surface area (Å²) in [6.45, 7) is 0.749. The molecule has 0 spiro atoms. The van der Waals surface area contributed by atoms with Crippen molar-refractivity contribution in [2.75, 3.05) is 6.54 Å². The summed E-state index contributed by atoms with van der Waals surface area (Å²) in [5.41, 5.74) is 9.53. The zero-order valence-electron chi connectivity index (χ0n) is 24.5. The van der Waals surface area contributed by atoms with Gasteiger partial charge in [0.25, 0.3) is 0 Å². The van der Waals surface area contributed by atoms with Crippen LogP contribution in [0, 0.1) is 0 Å². The van der Waals surface area contributed by atoms with Crippen molar-refractivity contribution in [3.63, 3.8) is 0 Å². The van der Waals surface area contributed by atoms with E-state index in [0.717, 1.165) is 48.1 Å². The van der Waals surface area contributed by atoms with E-state index in [4.69, 9.17) is 19.9 Å². The van der Waals surface area contributed by atoms with Crippen LogP contribution in [0.15, 0.2) is 107 Å². The van der Waals surface area contributed by atoms with Crippen molar-refractivity contribution < 1.29 is 0 Å². The van der Waals surface area contributed by atoms with Crippen molar-refractivity contribution in [3.8, 4) is 23.3 Å². The fraction of sp³-hybridized carbons (Fsp3) is 0.158. The largest absolute Gasteiger partial charge is 0.292 e. The molecule has 2 aliphatic heterocycles. The number of thioether (sulfide) groups is 1. The van der Waals surface area contributed by atoms with Gasteiger partial charge in [-0.1, -0.05) is 85.0 Å². The van der Waals surface area contributed by atoms with Crippen molar-refractivity contribution in [1.29, 1.82) is 0 Å². The zero-order chi connectivity index (χ0) is 29.5. The van der Waals surface area contributed by atoms with Crippen LogP contribution in [-0.4, -0.2) is 42.1 Å². The first-order chi connectivity index (χ1) is 22.3. The highest BCUT2D eigenvalue weighted by Gasteiger charge is 2.35. The fourth-order valence-electron chi connectivity index (χ4n) is 7.56. The van der Waals surface area contributed by atoms with Crippen LogP contribution >= 0.6 is 11.8 Å². The average Bonchev–Trinajstić information content (AvgIpc) is 3.76. The Kier molecular flexibility index (Phi) is 5.49. The van der Waals surface area contributed by atoms with Crippen LogP contribution in [0.5, 0.6) is 0 Å². The number of hydrogen-bond acceptors (Lipinski definition) is 5. The van der Waals surface area contributed by atoms with Crippen molar-refractivity contribution in [1.82, 2.24) is 24.1 Å². The Hall–Kier alpha value is -5.01. The minimum Gasteiger partial charge on any atom is -0.292 e. The Morgan fingerprint density at radius 1 is 0.778 bits per heavy atom. The molecular formula is C38H28N6S. The maximum Gasteiger partial charge on any atom is 0.240 e. The van der Waals surface area contributed by atoms with E-state index in [1.165, 1.54) is 38.1 Å². The normalized spacial score (nSPS) is 19.2. The lowest BCUT2D eigenvalue weighted by atomic mass is 9.91. The maximum atomic E-state index is 5.32. The van der Waals surface area contributed by atoms with Gasteiger partial charge in [0.15, 0.2) is 5.82 Å². The second-order valence-corrected chi connectivity index (χ2v) is 13.2. The minimum atomic E-state index is 0.397. The molecule has 10 rings (SSSR count). The van der Waals surface area contributed by atoms with Crippen LogP contribution in [-0.2, 0) is 12.8 Å². The minimum absolute atomic E-state index is 0.397. The number of benzene rings is 3. The first kappa shape index (κ1) is 25.3. The van der Waals surface area contributed by atoms with E-state index >= 15 is 0 Å². The molecule has 0 N–H and O–H groups in total. The van der Waals surface area contributed by atoms with E-state index in [2.05, 4.69) is 100 Å². The summed E-state index contributed by atoms with van der Waals surface area (Å²) in [7, 11) is 0. The Labute approximate surface area is 264 Å². The number of allylic oxidation sites excluding steroid dienone is 4. The third-order valence-corrected chi connectivity index (χ3v) is 11.0. The molecule has 2 unspecified atom stereocenters. The molecule has 6 aromatic rings. The predicted octanol–water partition coefficient (Wildman–Crippen LogP) is 8.04. The first-order valence-corrected chi connectivity index (χ1v) is 16.5. The molecule has 216 valence electrons. The second kappa shape index (κ2) is 9.74. The fourth-order valence-corrected chi connectivity index (χ4v) is 9.06. The van der Waals surface area contributed by atoms with Gasteiger partial charge in [0.05, 0.1) is 16.7 Å². The topological polar surface area (TPSA) is 60.9 Å². The molecule has 0 fully saturated rings. The molecule has 0 amide bonds. The number of hydrogen-bond donors (Lipinski definition) is 0. The standard InChI is InChI=1S/C38H28N6S/c1-2-10-23(11-3-1)36-40-37(43-29-15-7-4-12-24(29)25-13-5-8-16-30(25)43)42-38(41-36)44-31-20-21-39-22-28(31)34-32(44)19-18-27-26-14-6-9-17-33(26)45-35(27)34/h1-4,6-12,14-19,22,26,33H,5,13,20-21H2. The highest BCUT2D eigenvalue weighted by molar-refractivity contribution is 8.00. The summed E-state index contributed by atoms with van der Waals surface area (Å²) < 4.78 is 4.52. The van der Waals surface area contributed by atoms with E-state index in [9.17, 15) is 0 Å². The summed E-state index contributed by atoms with van der Waals surface area (Å²) >= 11 is 1.97. The molecule has 2 aliphatic carbocycles. The van der Waals surface area contributed by atoms with Crippen LogP contribution in [0.4, 0.5) is 0 Å². The van der Waals surface area contributed by atoms with Gasteiger partial charge in [-0.3, -0.25) is 14.1 Å². The van der Waals surface area contributed by atoms with Crippen LogP contribution in [0.2, 0.25) is 0 Å². The van der Waals surface area contributed by atoms with Gasteiger partial charge >= 0.3 is 0 Å². The summed E-state index contributed by atoms with van der Waals surface area (Å²) in [6.07, 6.45) is 18.5. The van der Waals surface area contributed by atoms with Gasteiger partial charge in [0, 0.05) is 62.8 Å². The average molecular weight is 601 g/mol. The Balaban J connectivity index is 1.27. The van der Waals surface area contributed by atoms with Crippen molar-refractivity contribution in [2.45, 2.75) is 35.3 Å². The highest BCUT2D eigenvalue weighted by atomic mass is 32.2. The van der Waals surface area contributed by atoms with Crippen LogP contribution < -0.4 is 0 Å². The highest BCUT2D eigenvalue weighted by Crippen LogP contribution is 2.52. The second-order valence-electron chi connectivity index (χ2n) is 12.0. The lowest BCUT2D eigenvalue weighted by Gasteiger charge is -2.16. The molecule has 0 saturated carbocycles. The third-order valence-electron chi connectivity index (χ3n) is 9.55. The molecular weight excluding hydrogens is 573 g/mol. The van der Waals surface area contributed by atoms with Gasteiger partial charge in [-0.15, -0.1) is 11.8 Å². The van der Waals surface area contributed by atoms with Gasteiger partial charge in [-0.05, 0) is 42.2 Å². The molecule has 2 atom stereocenters. The van der Waals surface area contributed by atoms with Crippen LogP contribution in [0.25, 0.3) is 51.2 Å². The summed E-state index contributed by atoms with van der Waals surface area (Å²) in [4.78, 5) is 21.8. The number of fused-ring (bicyclic) bond motifs is 10. The zero-order valence-corrected chi connectivity index (χ0v) is 25.3. The molecule has 0 radical (unpaired) electrons. The Bertz CT molecular complexity index is 2320. The lowest BCUT2D eigenvalue weighted by molar-refractivity contribution is 0.811. The van der Waals surface area contributed by atoms with Crippen molar-refractivity contribution in [2.24, 2.45) is 4.99 Å². The monoisotopic (exact) mass is 600 g/mol. The molecule has 0 saturated heterocycles. The Morgan fingerprint density at radius 2 is 1.62 bits per heavy atom. The number of aromatic nitrogens is 5. The molecule has 3 aromatic heterocycles. The smallest absolute Gasteiger partial charge is 0.240 e. The van der Waals surface area contributed by atoms with Gasteiger partial charge in [0.1, 0.15) is 0 Å². The molecule has 3 aromatic carbocycles.